The Balaban J connectivity index is 2.64. The lowest BCUT2D eigenvalue weighted by Gasteiger charge is -2.08. The van der Waals surface area contributed by atoms with Gasteiger partial charge in [-0.2, -0.15) is 0 Å². The molecule has 0 aliphatic carbocycles. The molecule has 5 heteroatoms. The normalized spacial score (nSPS) is 12.5. The van der Waals surface area contributed by atoms with Gasteiger partial charge in [-0.25, -0.2) is 9.78 Å². The first kappa shape index (κ1) is 9.98. The quantitative estimate of drug-likeness (QED) is 0.780. The molecule has 2 N–H and O–H groups in total. The lowest BCUT2D eigenvalue weighted by atomic mass is 10.3. The fourth-order valence-electron chi connectivity index (χ4n) is 0.753. The van der Waals surface area contributed by atoms with Gasteiger partial charge < -0.3 is 10.4 Å². The van der Waals surface area contributed by atoms with Crippen molar-refractivity contribution in [2.24, 2.45) is 0 Å². The molecule has 0 saturated carbocycles. The maximum atomic E-state index is 10.5. The lowest BCUT2D eigenvalue weighted by molar-refractivity contribution is 0.0702. The van der Waals surface area contributed by atoms with Crippen LogP contribution in [0.2, 0.25) is 0 Å². The highest BCUT2D eigenvalue weighted by atomic mass is 32.1. The molecule has 0 saturated heterocycles. The smallest absolute Gasteiger partial charge is 0.347 e. The first-order valence-corrected chi connectivity index (χ1v) is 4.90. The predicted molar refractivity (Wildman–Crippen MR) is 52.4 cm³/mol. The number of anilines is 1. The molecule has 13 heavy (non-hydrogen) atoms. The van der Waals surface area contributed by atoms with Crippen molar-refractivity contribution in [1.82, 2.24) is 4.98 Å². The molecule has 0 aromatic carbocycles. The van der Waals surface area contributed by atoms with Gasteiger partial charge in [0.05, 0.1) is 6.20 Å². The van der Waals surface area contributed by atoms with Crippen LogP contribution in [0.3, 0.4) is 0 Å². The number of nitrogens with zero attached hydrogens (tertiary/aromatic N) is 1. The molecule has 0 amide bonds. The second kappa shape index (κ2) is 4.23. The number of nitrogens with one attached hydrogen (secondary N) is 1. The third kappa shape index (κ3) is 2.69. The van der Waals surface area contributed by atoms with Crippen LogP contribution in [0.15, 0.2) is 6.20 Å². The van der Waals surface area contributed by atoms with Crippen LogP contribution in [-0.2, 0) is 0 Å². The monoisotopic (exact) mass is 200 g/mol. The van der Waals surface area contributed by atoms with E-state index in [9.17, 15) is 4.79 Å². The second-order valence-corrected chi connectivity index (χ2v) is 3.82. The standard InChI is InChI=1S/C8H12N2O2S/c1-3-5(2)10-8-9-4-6(13-8)7(11)12/h4-5H,3H2,1-2H3,(H,9,10)(H,11,12)/t5-/m0/s1. The summed E-state index contributed by atoms with van der Waals surface area (Å²) in [6.45, 7) is 4.09. The van der Waals surface area contributed by atoms with Crippen LogP contribution in [0.4, 0.5) is 5.13 Å². The molecule has 1 rings (SSSR count). The zero-order valence-electron chi connectivity index (χ0n) is 7.57. The number of rotatable bonds is 4. The number of hydrogen-bond acceptors (Lipinski definition) is 4. The van der Waals surface area contributed by atoms with E-state index >= 15 is 0 Å². The Morgan fingerprint density at radius 2 is 2.54 bits per heavy atom. The maximum Gasteiger partial charge on any atom is 0.347 e. The van der Waals surface area contributed by atoms with E-state index in [1.807, 2.05) is 6.92 Å². The van der Waals surface area contributed by atoms with E-state index in [0.717, 1.165) is 17.8 Å². The molecule has 1 aromatic rings. The van der Waals surface area contributed by atoms with Crippen LogP contribution in [-0.4, -0.2) is 22.1 Å². The molecule has 72 valence electrons. The van der Waals surface area contributed by atoms with Gasteiger partial charge in [0.1, 0.15) is 4.88 Å². The Bertz CT molecular complexity index is 298. The van der Waals surface area contributed by atoms with Crippen molar-refractivity contribution in [3.8, 4) is 0 Å². The molecule has 1 aromatic heterocycles. The Kier molecular flexibility index (Phi) is 3.25. The van der Waals surface area contributed by atoms with Crippen molar-refractivity contribution < 1.29 is 9.90 Å². The zero-order valence-corrected chi connectivity index (χ0v) is 8.39. The average molecular weight is 200 g/mol. The third-order valence-electron chi connectivity index (χ3n) is 1.70. The van der Waals surface area contributed by atoms with E-state index in [1.165, 1.54) is 6.20 Å². The van der Waals surface area contributed by atoms with Crippen LogP contribution < -0.4 is 5.32 Å². The van der Waals surface area contributed by atoms with Crippen LogP contribution in [0.25, 0.3) is 0 Å². The average Bonchev–Trinajstić information content (AvgIpc) is 2.52. The molecule has 0 bridgehead atoms. The fraction of sp³-hybridized carbons (Fsp3) is 0.500. The SMILES string of the molecule is CC[C@H](C)Nc1ncc(C(=O)O)s1. The third-order valence-corrected chi connectivity index (χ3v) is 2.62. The highest BCUT2D eigenvalue weighted by Gasteiger charge is 2.09. The van der Waals surface area contributed by atoms with E-state index in [2.05, 4.69) is 17.2 Å². The molecule has 0 spiro atoms. The number of carbonyl (C=O) groups is 1. The molecule has 1 atom stereocenters. The van der Waals surface area contributed by atoms with Crippen molar-refractivity contribution in [2.45, 2.75) is 26.3 Å². The van der Waals surface area contributed by atoms with Crippen molar-refractivity contribution in [1.29, 1.82) is 0 Å². The summed E-state index contributed by atoms with van der Waals surface area (Å²) < 4.78 is 0. The van der Waals surface area contributed by atoms with E-state index in [4.69, 9.17) is 5.11 Å². The lowest BCUT2D eigenvalue weighted by Crippen LogP contribution is -2.12. The van der Waals surface area contributed by atoms with Crippen molar-refractivity contribution in [3.63, 3.8) is 0 Å². The summed E-state index contributed by atoms with van der Waals surface area (Å²) in [5, 5.41) is 12.4. The molecule has 0 unspecified atom stereocenters. The first-order chi connectivity index (χ1) is 6.13. The highest BCUT2D eigenvalue weighted by molar-refractivity contribution is 7.17. The van der Waals surface area contributed by atoms with Crippen molar-refractivity contribution >= 4 is 22.4 Å². The van der Waals surface area contributed by atoms with Crippen LogP contribution >= 0.6 is 11.3 Å². The van der Waals surface area contributed by atoms with Crippen LogP contribution in [0, 0.1) is 0 Å². The summed E-state index contributed by atoms with van der Waals surface area (Å²) in [5.74, 6) is -0.922. The number of aromatic carboxylic acids is 1. The number of hydrogen-bond donors (Lipinski definition) is 2. The minimum atomic E-state index is -0.922. The minimum Gasteiger partial charge on any atom is -0.477 e. The van der Waals surface area contributed by atoms with E-state index < -0.39 is 5.97 Å². The Hall–Kier alpha value is -1.10. The van der Waals surface area contributed by atoms with Crippen LogP contribution in [0.5, 0.6) is 0 Å². The van der Waals surface area contributed by atoms with Gasteiger partial charge in [0.15, 0.2) is 5.13 Å². The summed E-state index contributed by atoms with van der Waals surface area (Å²) in [5.41, 5.74) is 0. The second-order valence-electron chi connectivity index (χ2n) is 2.79. The molecular weight excluding hydrogens is 188 g/mol. The van der Waals surface area contributed by atoms with Gasteiger partial charge >= 0.3 is 5.97 Å². The minimum absolute atomic E-state index is 0.269. The Morgan fingerprint density at radius 3 is 3.00 bits per heavy atom. The largest absolute Gasteiger partial charge is 0.477 e. The van der Waals surface area contributed by atoms with Gasteiger partial charge in [0, 0.05) is 6.04 Å². The van der Waals surface area contributed by atoms with Crippen LogP contribution in [0.1, 0.15) is 29.9 Å². The Morgan fingerprint density at radius 1 is 1.85 bits per heavy atom. The molecule has 1 heterocycles. The molecular formula is C8H12N2O2S. The summed E-state index contributed by atoms with van der Waals surface area (Å²) in [6, 6.07) is 0.327. The summed E-state index contributed by atoms with van der Waals surface area (Å²) in [4.78, 5) is 14.7. The molecule has 0 aliphatic heterocycles. The van der Waals surface area contributed by atoms with Gasteiger partial charge in [-0.3, -0.25) is 0 Å². The van der Waals surface area contributed by atoms with Gasteiger partial charge in [-0.15, -0.1) is 0 Å². The fourth-order valence-corrected chi connectivity index (χ4v) is 1.52. The number of carboxylic acids is 1. The first-order valence-electron chi connectivity index (χ1n) is 4.09. The number of aromatic nitrogens is 1. The summed E-state index contributed by atoms with van der Waals surface area (Å²) in [6.07, 6.45) is 2.36. The predicted octanol–water partition coefficient (Wildman–Crippen LogP) is 2.05. The van der Waals surface area contributed by atoms with Gasteiger partial charge in [0.2, 0.25) is 0 Å². The maximum absolute atomic E-state index is 10.5. The Labute approximate surface area is 80.6 Å². The van der Waals surface area contributed by atoms with E-state index in [1.54, 1.807) is 0 Å². The van der Waals surface area contributed by atoms with Gasteiger partial charge in [-0.1, -0.05) is 18.3 Å². The molecule has 0 radical (unpaired) electrons. The van der Waals surface area contributed by atoms with Gasteiger partial charge in [-0.05, 0) is 13.3 Å². The molecule has 0 fully saturated rings. The number of carboxylic acid groups (broad SMARTS) is 1. The van der Waals surface area contributed by atoms with Crippen molar-refractivity contribution in [2.75, 3.05) is 5.32 Å². The van der Waals surface area contributed by atoms with E-state index in [0.29, 0.717) is 11.2 Å². The summed E-state index contributed by atoms with van der Waals surface area (Å²) in [7, 11) is 0. The zero-order chi connectivity index (χ0) is 9.84. The van der Waals surface area contributed by atoms with Crippen molar-refractivity contribution in [3.05, 3.63) is 11.1 Å². The van der Waals surface area contributed by atoms with Gasteiger partial charge in [0.25, 0.3) is 0 Å². The van der Waals surface area contributed by atoms with E-state index in [-0.39, 0.29) is 4.88 Å². The number of thiazole rings is 1. The highest BCUT2D eigenvalue weighted by Crippen LogP contribution is 2.18. The molecule has 0 aliphatic rings. The summed E-state index contributed by atoms with van der Waals surface area (Å²) >= 11 is 1.16. The molecule has 4 nitrogen and oxygen atoms in total. The topological polar surface area (TPSA) is 62.2 Å².